The maximum absolute atomic E-state index is 12.5. The van der Waals surface area contributed by atoms with E-state index in [0.29, 0.717) is 13.2 Å². The van der Waals surface area contributed by atoms with Crippen LogP contribution < -0.4 is 0 Å². The lowest BCUT2D eigenvalue weighted by Crippen LogP contribution is -2.50. The highest BCUT2D eigenvalue weighted by Gasteiger charge is 2.30. The van der Waals surface area contributed by atoms with Gasteiger partial charge in [0.15, 0.2) is 0 Å². The Labute approximate surface area is 112 Å². The Balaban J connectivity index is 1.80. The average molecular weight is 265 g/mol. The van der Waals surface area contributed by atoms with Gasteiger partial charge in [0.2, 0.25) is 0 Å². The van der Waals surface area contributed by atoms with Crippen molar-refractivity contribution in [3.8, 4) is 0 Å². The molecule has 2 aliphatic rings. The van der Waals surface area contributed by atoms with Gasteiger partial charge < -0.3 is 9.64 Å². The molecule has 0 saturated carbocycles. The van der Waals surface area contributed by atoms with Crippen molar-refractivity contribution >= 4 is 17.2 Å². The molecular formula is C14H19NO2S. The third-order valence-electron chi connectivity index (χ3n) is 3.83. The Morgan fingerprint density at radius 1 is 1.44 bits per heavy atom. The van der Waals surface area contributed by atoms with Gasteiger partial charge in [0.05, 0.1) is 23.6 Å². The molecule has 4 heteroatoms. The van der Waals surface area contributed by atoms with Gasteiger partial charge in [0.1, 0.15) is 0 Å². The van der Waals surface area contributed by atoms with Crippen LogP contribution in [0.3, 0.4) is 0 Å². The van der Waals surface area contributed by atoms with Crippen LogP contribution in [0.25, 0.3) is 0 Å². The number of ether oxygens (including phenoxy) is 1. The number of hydrogen-bond acceptors (Lipinski definition) is 3. The number of morpholine rings is 1. The first-order valence-electron chi connectivity index (χ1n) is 6.69. The Bertz CT molecular complexity index is 447. The van der Waals surface area contributed by atoms with E-state index in [1.165, 1.54) is 16.9 Å². The smallest absolute Gasteiger partial charge is 0.264 e. The first kappa shape index (κ1) is 12.2. The molecular weight excluding hydrogens is 246 g/mol. The molecule has 1 saturated heterocycles. The number of amides is 1. The van der Waals surface area contributed by atoms with Crippen molar-refractivity contribution in [3.05, 3.63) is 21.4 Å². The minimum absolute atomic E-state index is 0.150. The molecule has 18 heavy (non-hydrogen) atoms. The standard InChI is InChI=1S/C14H19NO2S/c1-9-8-17-10(2)7-15(9)14(16)13-6-11-4-3-5-12(11)18-13/h6,9-10H,3-5,7-8H2,1-2H3/t9-,10+/m0/s1. The lowest BCUT2D eigenvalue weighted by Gasteiger charge is -2.36. The van der Waals surface area contributed by atoms with E-state index >= 15 is 0 Å². The number of carbonyl (C=O) groups is 1. The average Bonchev–Trinajstić information content (AvgIpc) is 2.91. The predicted molar refractivity (Wildman–Crippen MR) is 72.3 cm³/mol. The zero-order valence-corrected chi connectivity index (χ0v) is 11.8. The van der Waals surface area contributed by atoms with Gasteiger partial charge in [-0.2, -0.15) is 0 Å². The summed E-state index contributed by atoms with van der Waals surface area (Å²) in [4.78, 5) is 16.9. The number of thiophene rings is 1. The van der Waals surface area contributed by atoms with Crippen LogP contribution in [0.1, 0.15) is 40.4 Å². The van der Waals surface area contributed by atoms with Crippen LogP contribution >= 0.6 is 11.3 Å². The monoisotopic (exact) mass is 265 g/mol. The molecule has 0 aromatic carbocycles. The van der Waals surface area contributed by atoms with Crippen molar-refractivity contribution in [3.63, 3.8) is 0 Å². The Morgan fingerprint density at radius 3 is 3.06 bits per heavy atom. The second-order valence-electron chi connectivity index (χ2n) is 5.36. The highest BCUT2D eigenvalue weighted by Crippen LogP contribution is 2.31. The topological polar surface area (TPSA) is 29.5 Å². The number of aryl methyl sites for hydroxylation is 2. The fourth-order valence-corrected chi connectivity index (χ4v) is 3.97. The van der Waals surface area contributed by atoms with Crippen LogP contribution in [-0.4, -0.2) is 36.1 Å². The molecule has 1 aromatic rings. The Hall–Kier alpha value is -0.870. The highest BCUT2D eigenvalue weighted by atomic mass is 32.1. The Kier molecular flexibility index (Phi) is 3.16. The largest absolute Gasteiger partial charge is 0.375 e. The summed E-state index contributed by atoms with van der Waals surface area (Å²) in [7, 11) is 0. The third-order valence-corrected chi connectivity index (χ3v) is 5.05. The number of fused-ring (bicyclic) bond motifs is 1. The van der Waals surface area contributed by atoms with E-state index in [2.05, 4.69) is 13.0 Å². The summed E-state index contributed by atoms with van der Waals surface area (Å²) in [5, 5.41) is 0. The first-order valence-corrected chi connectivity index (χ1v) is 7.51. The summed E-state index contributed by atoms with van der Waals surface area (Å²) < 4.78 is 5.58. The van der Waals surface area contributed by atoms with E-state index in [0.717, 1.165) is 17.7 Å². The molecule has 1 aromatic heterocycles. The minimum atomic E-state index is 0.150. The van der Waals surface area contributed by atoms with Crippen LogP contribution in [0.5, 0.6) is 0 Å². The quantitative estimate of drug-likeness (QED) is 0.781. The van der Waals surface area contributed by atoms with E-state index in [1.807, 2.05) is 11.8 Å². The fraction of sp³-hybridized carbons (Fsp3) is 0.643. The molecule has 1 amide bonds. The van der Waals surface area contributed by atoms with E-state index in [1.54, 1.807) is 11.3 Å². The number of rotatable bonds is 1. The van der Waals surface area contributed by atoms with Crippen LogP contribution in [0.4, 0.5) is 0 Å². The maximum atomic E-state index is 12.5. The SMILES string of the molecule is C[C@@H]1CN(C(=O)c2cc3c(s2)CCC3)[C@@H](C)CO1. The molecule has 3 rings (SSSR count). The first-order chi connectivity index (χ1) is 8.65. The summed E-state index contributed by atoms with van der Waals surface area (Å²) in [5.74, 6) is 0.192. The summed E-state index contributed by atoms with van der Waals surface area (Å²) in [6.45, 7) is 5.45. The summed E-state index contributed by atoms with van der Waals surface area (Å²) in [6.07, 6.45) is 3.70. The lowest BCUT2D eigenvalue weighted by molar-refractivity contribution is -0.0385. The van der Waals surface area contributed by atoms with Crippen LogP contribution in [0.2, 0.25) is 0 Å². The van der Waals surface area contributed by atoms with Gasteiger partial charge in [-0.15, -0.1) is 11.3 Å². The molecule has 0 radical (unpaired) electrons. The zero-order valence-electron chi connectivity index (χ0n) is 10.9. The summed E-state index contributed by atoms with van der Waals surface area (Å²) >= 11 is 1.69. The van der Waals surface area contributed by atoms with Crippen LogP contribution in [0.15, 0.2) is 6.07 Å². The van der Waals surface area contributed by atoms with Gasteiger partial charge >= 0.3 is 0 Å². The molecule has 0 unspecified atom stereocenters. The number of carbonyl (C=O) groups excluding carboxylic acids is 1. The number of hydrogen-bond donors (Lipinski definition) is 0. The second-order valence-corrected chi connectivity index (χ2v) is 6.50. The molecule has 98 valence electrons. The summed E-state index contributed by atoms with van der Waals surface area (Å²) in [5.41, 5.74) is 1.40. The van der Waals surface area contributed by atoms with Gasteiger partial charge in [-0.25, -0.2) is 0 Å². The maximum Gasteiger partial charge on any atom is 0.264 e. The van der Waals surface area contributed by atoms with Crippen molar-refractivity contribution in [2.24, 2.45) is 0 Å². The molecule has 1 fully saturated rings. The van der Waals surface area contributed by atoms with Gasteiger partial charge in [0.25, 0.3) is 5.91 Å². The zero-order chi connectivity index (χ0) is 12.7. The molecule has 0 bridgehead atoms. The molecule has 1 aliphatic heterocycles. The van der Waals surface area contributed by atoms with Crippen molar-refractivity contribution < 1.29 is 9.53 Å². The van der Waals surface area contributed by atoms with Crippen molar-refractivity contribution in [1.82, 2.24) is 4.90 Å². The molecule has 0 spiro atoms. The van der Waals surface area contributed by atoms with Gasteiger partial charge in [0, 0.05) is 11.4 Å². The molecule has 3 nitrogen and oxygen atoms in total. The minimum Gasteiger partial charge on any atom is -0.375 e. The molecule has 1 aliphatic carbocycles. The van der Waals surface area contributed by atoms with E-state index in [4.69, 9.17) is 4.74 Å². The van der Waals surface area contributed by atoms with Gasteiger partial charge in [-0.05, 0) is 44.7 Å². The third kappa shape index (κ3) is 2.08. The van der Waals surface area contributed by atoms with Crippen LogP contribution in [0, 0.1) is 0 Å². The van der Waals surface area contributed by atoms with E-state index in [9.17, 15) is 4.79 Å². The molecule has 0 N–H and O–H groups in total. The van der Waals surface area contributed by atoms with Crippen LogP contribution in [-0.2, 0) is 17.6 Å². The van der Waals surface area contributed by atoms with Crippen molar-refractivity contribution in [1.29, 1.82) is 0 Å². The second kappa shape index (κ2) is 4.67. The predicted octanol–water partition coefficient (Wildman–Crippen LogP) is 2.49. The van der Waals surface area contributed by atoms with E-state index in [-0.39, 0.29) is 18.1 Å². The van der Waals surface area contributed by atoms with Gasteiger partial charge in [-0.1, -0.05) is 0 Å². The highest BCUT2D eigenvalue weighted by molar-refractivity contribution is 7.14. The summed E-state index contributed by atoms with van der Waals surface area (Å²) in [6, 6.07) is 2.30. The fourth-order valence-electron chi connectivity index (χ4n) is 2.76. The van der Waals surface area contributed by atoms with E-state index < -0.39 is 0 Å². The van der Waals surface area contributed by atoms with Gasteiger partial charge in [-0.3, -0.25) is 4.79 Å². The van der Waals surface area contributed by atoms with Crippen molar-refractivity contribution in [2.75, 3.05) is 13.2 Å². The normalized spacial score (nSPS) is 27.3. The van der Waals surface area contributed by atoms with Crippen molar-refractivity contribution in [2.45, 2.75) is 45.3 Å². The lowest BCUT2D eigenvalue weighted by atomic mass is 10.2. The number of nitrogens with zero attached hydrogens (tertiary/aromatic N) is 1. The molecule has 2 heterocycles. The molecule has 2 atom stereocenters. The Morgan fingerprint density at radius 2 is 2.28 bits per heavy atom.